The van der Waals surface area contributed by atoms with E-state index in [2.05, 4.69) is 33.0 Å². The van der Waals surface area contributed by atoms with E-state index in [-0.39, 0.29) is 12.0 Å². The Balaban J connectivity index is 2.06. The monoisotopic (exact) mass is 289 g/mol. The smallest absolute Gasteiger partial charge is 0.327 e. The maximum absolute atomic E-state index is 12.2. The lowest BCUT2D eigenvalue weighted by Gasteiger charge is -2.18. The van der Waals surface area contributed by atoms with Crippen LogP contribution in [0, 0.1) is 16.7 Å². The summed E-state index contributed by atoms with van der Waals surface area (Å²) in [6.07, 6.45) is 0. The first-order chi connectivity index (χ1) is 9.82. The molecule has 0 aliphatic heterocycles. The van der Waals surface area contributed by atoms with Crippen molar-refractivity contribution in [2.45, 2.75) is 40.7 Å². The standard InChI is InChI=1S/C18H27NO2/c1-6-21-16(20)15(13-10-8-7-9-11-13)19-12-14-17(2,3)18(14,4)5/h7-11,14-15,19H,6,12H2,1-5H3. The van der Waals surface area contributed by atoms with E-state index in [1.165, 1.54) is 0 Å². The molecule has 0 bridgehead atoms. The van der Waals surface area contributed by atoms with Crippen molar-refractivity contribution >= 4 is 5.97 Å². The number of hydrogen-bond acceptors (Lipinski definition) is 3. The number of carbonyl (C=O) groups excluding carboxylic acids is 1. The number of rotatable bonds is 6. The Hall–Kier alpha value is -1.35. The van der Waals surface area contributed by atoms with Crippen LogP contribution in [0.1, 0.15) is 46.2 Å². The normalized spacial score (nSPS) is 20.8. The second-order valence-corrected chi connectivity index (χ2v) is 7.00. The fourth-order valence-corrected chi connectivity index (χ4v) is 3.29. The lowest BCUT2D eigenvalue weighted by Crippen LogP contribution is -2.32. The van der Waals surface area contributed by atoms with Gasteiger partial charge in [-0.05, 0) is 29.2 Å². The van der Waals surface area contributed by atoms with Crippen molar-refractivity contribution in [1.82, 2.24) is 5.32 Å². The predicted octanol–water partition coefficient (Wildman–Crippen LogP) is 3.56. The number of ether oxygens (including phenoxy) is 1. The molecule has 1 N–H and O–H groups in total. The van der Waals surface area contributed by atoms with E-state index >= 15 is 0 Å². The van der Waals surface area contributed by atoms with Gasteiger partial charge in [0.05, 0.1) is 6.61 Å². The molecule has 1 atom stereocenters. The van der Waals surface area contributed by atoms with E-state index in [0.29, 0.717) is 23.4 Å². The second kappa shape index (κ2) is 5.80. The van der Waals surface area contributed by atoms with E-state index in [9.17, 15) is 4.79 Å². The molecule has 1 fully saturated rings. The molecule has 0 heterocycles. The molecule has 116 valence electrons. The van der Waals surface area contributed by atoms with Gasteiger partial charge in [-0.3, -0.25) is 0 Å². The van der Waals surface area contributed by atoms with Gasteiger partial charge in [0.25, 0.3) is 0 Å². The maximum atomic E-state index is 12.2. The number of benzene rings is 1. The molecule has 0 aromatic heterocycles. The van der Waals surface area contributed by atoms with Crippen LogP contribution in [-0.4, -0.2) is 19.1 Å². The van der Waals surface area contributed by atoms with Crippen LogP contribution in [0.3, 0.4) is 0 Å². The first kappa shape index (κ1) is 16.0. The lowest BCUT2D eigenvalue weighted by molar-refractivity contribution is -0.145. The van der Waals surface area contributed by atoms with Gasteiger partial charge in [0.15, 0.2) is 0 Å². The molecule has 3 heteroatoms. The fourth-order valence-electron chi connectivity index (χ4n) is 3.29. The fraction of sp³-hybridized carbons (Fsp3) is 0.611. The van der Waals surface area contributed by atoms with Crippen molar-refractivity contribution in [2.75, 3.05) is 13.2 Å². The summed E-state index contributed by atoms with van der Waals surface area (Å²) in [5, 5.41) is 3.42. The van der Waals surface area contributed by atoms with Gasteiger partial charge >= 0.3 is 5.97 Å². The van der Waals surface area contributed by atoms with Crippen LogP contribution in [0.4, 0.5) is 0 Å². The highest BCUT2D eigenvalue weighted by atomic mass is 16.5. The van der Waals surface area contributed by atoms with Crippen LogP contribution in [0.25, 0.3) is 0 Å². The highest BCUT2D eigenvalue weighted by Crippen LogP contribution is 2.68. The minimum Gasteiger partial charge on any atom is -0.465 e. The Morgan fingerprint density at radius 2 is 1.76 bits per heavy atom. The minimum absolute atomic E-state index is 0.194. The Morgan fingerprint density at radius 3 is 2.24 bits per heavy atom. The number of carbonyl (C=O) groups is 1. The minimum atomic E-state index is -0.377. The largest absolute Gasteiger partial charge is 0.465 e. The van der Waals surface area contributed by atoms with Crippen molar-refractivity contribution in [1.29, 1.82) is 0 Å². The first-order valence-electron chi connectivity index (χ1n) is 7.77. The molecule has 1 aliphatic carbocycles. The van der Waals surface area contributed by atoms with Crippen LogP contribution >= 0.6 is 0 Å². The van der Waals surface area contributed by atoms with Crippen LogP contribution in [0.2, 0.25) is 0 Å². The molecule has 0 saturated heterocycles. The molecule has 0 spiro atoms. The molecule has 0 radical (unpaired) electrons. The third kappa shape index (κ3) is 2.98. The summed E-state index contributed by atoms with van der Waals surface area (Å²) < 4.78 is 5.21. The summed E-state index contributed by atoms with van der Waals surface area (Å²) in [6.45, 7) is 12.3. The average molecular weight is 289 g/mol. The van der Waals surface area contributed by atoms with E-state index in [1.54, 1.807) is 0 Å². The molecule has 1 aromatic rings. The topological polar surface area (TPSA) is 38.3 Å². The third-order valence-electron chi connectivity index (χ3n) is 5.50. The quantitative estimate of drug-likeness (QED) is 0.814. The van der Waals surface area contributed by atoms with Crippen LogP contribution in [-0.2, 0) is 9.53 Å². The van der Waals surface area contributed by atoms with Gasteiger partial charge in [0.2, 0.25) is 0 Å². The van der Waals surface area contributed by atoms with Gasteiger partial charge in [0.1, 0.15) is 6.04 Å². The average Bonchev–Trinajstić information content (AvgIpc) is 2.82. The molecular weight excluding hydrogens is 262 g/mol. The maximum Gasteiger partial charge on any atom is 0.327 e. The molecule has 1 saturated carbocycles. The number of esters is 1. The van der Waals surface area contributed by atoms with E-state index in [0.717, 1.165) is 12.1 Å². The van der Waals surface area contributed by atoms with Gasteiger partial charge < -0.3 is 10.1 Å². The summed E-state index contributed by atoms with van der Waals surface area (Å²) in [6, 6.07) is 9.43. The number of nitrogens with one attached hydrogen (secondary N) is 1. The molecule has 1 aromatic carbocycles. The van der Waals surface area contributed by atoms with Gasteiger partial charge in [-0.15, -0.1) is 0 Å². The molecule has 1 unspecified atom stereocenters. The Bertz CT molecular complexity index is 479. The zero-order valence-corrected chi connectivity index (χ0v) is 13.8. The van der Waals surface area contributed by atoms with Crippen molar-refractivity contribution in [3.63, 3.8) is 0 Å². The van der Waals surface area contributed by atoms with Crippen molar-refractivity contribution in [3.8, 4) is 0 Å². The highest BCUT2D eigenvalue weighted by Gasteiger charge is 2.64. The SMILES string of the molecule is CCOC(=O)C(NCC1C(C)(C)C1(C)C)c1ccccc1. The van der Waals surface area contributed by atoms with Gasteiger partial charge in [-0.2, -0.15) is 0 Å². The molecule has 0 amide bonds. The highest BCUT2D eigenvalue weighted by molar-refractivity contribution is 5.77. The van der Waals surface area contributed by atoms with Crippen molar-refractivity contribution in [2.24, 2.45) is 16.7 Å². The van der Waals surface area contributed by atoms with Gasteiger partial charge in [-0.25, -0.2) is 4.79 Å². The molecule has 2 rings (SSSR count). The summed E-state index contributed by atoms with van der Waals surface area (Å²) in [7, 11) is 0. The summed E-state index contributed by atoms with van der Waals surface area (Å²) in [5.74, 6) is 0.380. The summed E-state index contributed by atoms with van der Waals surface area (Å²) in [5.41, 5.74) is 1.60. The number of hydrogen-bond donors (Lipinski definition) is 1. The zero-order chi connectivity index (χ0) is 15.7. The Morgan fingerprint density at radius 1 is 1.19 bits per heavy atom. The molecule has 21 heavy (non-hydrogen) atoms. The predicted molar refractivity (Wildman–Crippen MR) is 84.9 cm³/mol. The van der Waals surface area contributed by atoms with E-state index in [4.69, 9.17) is 4.74 Å². The first-order valence-corrected chi connectivity index (χ1v) is 7.77. The van der Waals surface area contributed by atoms with Crippen LogP contribution in [0.15, 0.2) is 30.3 Å². The van der Waals surface area contributed by atoms with Crippen LogP contribution < -0.4 is 5.32 Å². The summed E-state index contributed by atoms with van der Waals surface area (Å²) >= 11 is 0. The lowest BCUT2D eigenvalue weighted by atomic mass is 10.0. The second-order valence-electron chi connectivity index (χ2n) is 7.00. The van der Waals surface area contributed by atoms with E-state index in [1.807, 2.05) is 37.3 Å². The Kier molecular flexibility index (Phi) is 4.43. The van der Waals surface area contributed by atoms with Gasteiger partial charge in [-0.1, -0.05) is 58.0 Å². The molecular formula is C18H27NO2. The van der Waals surface area contributed by atoms with Gasteiger partial charge in [0, 0.05) is 6.54 Å². The Labute approximate surface area is 128 Å². The third-order valence-corrected chi connectivity index (χ3v) is 5.50. The van der Waals surface area contributed by atoms with Crippen molar-refractivity contribution < 1.29 is 9.53 Å². The van der Waals surface area contributed by atoms with Crippen LogP contribution in [0.5, 0.6) is 0 Å². The zero-order valence-electron chi connectivity index (χ0n) is 13.8. The van der Waals surface area contributed by atoms with E-state index < -0.39 is 0 Å². The van der Waals surface area contributed by atoms with Crippen molar-refractivity contribution in [3.05, 3.63) is 35.9 Å². The molecule has 3 nitrogen and oxygen atoms in total. The summed E-state index contributed by atoms with van der Waals surface area (Å²) in [4.78, 5) is 12.2. The molecule has 1 aliphatic rings.